The summed E-state index contributed by atoms with van der Waals surface area (Å²) in [6.07, 6.45) is 2.34. The van der Waals surface area contributed by atoms with Crippen LogP contribution in [0, 0.1) is 23.7 Å². The molecule has 0 aliphatic heterocycles. The summed E-state index contributed by atoms with van der Waals surface area (Å²) >= 11 is 0. The fraction of sp³-hybridized carbons (Fsp3) is 0.667. The lowest BCUT2D eigenvalue weighted by molar-refractivity contribution is 0.540. The molecule has 0 aromatic rings. The van der Waals surface area contributed by atoms with Gasteiger partial charge in [-0.3, -0.25) is 0 Å². The summed E-state index contributed by atoms with van der Waals surface area (Å²) in [5.74, 6) is 7.17. The van der Waals surface area contributed by atoms with Crippen molar-refractivity contribution in [1.82, 2.24) is 0 Å². The van der Waals surface area contributed by atoms with E-state index in [9.17, 15) is 0 Å². The molecule has 0 aliphatic carbocycles. The monoisotopic (exact) mass is 164 g/mol. The molecule has 0 fully saturated rings. The van der Waals surface area contributed by atoms with Gasteiger partial charge < -0.3 is 0 Å². The third-order valence-electron chi connectivity index (χ3n) is 2.28. The normalized spacial score (nSPS) is 14.3. The first kappa shape index (κ1) is 11.3. The molecule has 0 spiro atoms. The standard InChI is InChI=1S/C12H20/c1-6-8-11(4)12(5)9-10(3)7-2/h10-11H,5,7,9H2,1-4H3. The van der Waals surface area contributed by atoms with Crippen molar-refractivity contribution in [3.63, 3.8) is 0 Å². The average Bonchev–Trinajstić information content (AvgIpc) is 2.04. The second-order valence-electron chi connectivity index (χ2n) is 3.49. The second kappa shape index (κ2) is 5.89. The van der Waals surface area contributed by atoms with Gasteiger partial charge in [-0.2, -0.15) is 0 Å². The van der Waals surface area contributed by atoms with Crippen LogP contribution in [-0.4, -0.2) is 0 Å². The smallest absolute Gasteiger partial charge is 0.0381 e. The van der Waals surface area contributed by atoms with E-state index in [-0.39, 0.29) is 0 Å². The Morgan fingerprint density at radius 1 is 1.42 bits per heavy atom. The summed E-state index contributed by atoms with van der Waals surface area (Å²) in [6.45, 7) is 12.5. The van der Waals surface area contributed by atoms with E-state index in [0.717, 1.165) is 12.3 Å². The van der Waals surface area contributed by atoms with Crippen LogP contribution in [0.15, 0.2) is 12.2 Å². The fourth-order valence-electron chi connectivity index (χ4n) is 1.09. The van der Waals surface area contributed by atoms with E-state index < -0.39 is 0 Å². The predicted molar refractivity (Wildman–Crippen MR) is 55.8 cm³/mol. The van der Waals surface area contributed by atoms with Crippen molar-refractivity contribution in [2.45, 2.75) is 40.5 Å². The van der Waals surface area contributed by atoms with Gasteiger partial charge in [0.1, 0.15) is 0 Å². The molecule has 2 unspecified atom stereocenters. The maximum Gasteiger partial charge on any atom is 0.0381 e. The van der Waals surface area contributed by atoms with Gasteiger partial charge in [-0.1, -0.05) is 38.3 Å². The minimum absolute atomic E-state index is 0.365. The van der Waals surface area contributed by atoms with Crippen molar-refractivity contribution >= 4 is 0 Å². The Bertz CT molecular complexity index is 190. The van der Waals surface area contributed by atoms with E-state index in [1.807, 2.05) is 6.92 Å². The minimum atomic E-state index is 0.365. The first-order chi connectivity index (χ1) is 5.61. The van der Waals surface area contributed by atoms with Crippen molar-refractivity contribution in [2.75, 3.05) is 0 Å². The number of allylic oxidation sites excluding steroid dienone is 1. The summed E-state index contributed by atoms with van der Waals surface area (Å²) in [5, 5.41) is 0. The van der Waals surface area contributed by atoms with Crippen LogP contribution in [0.2, 0.25) is 0 Å². The molecule has 2 atom stereocenters. The highest BCUT2D eigenvalue weighted by molar-refractivity contribution is 5.15. The molecule has 0 bridgehead atoms. The van der Waals surface area contributed by atoms with E-state index in [0.29, 0.717) is 5.92 Å². The zero-order valence-electron chi connectivity index (χ0n) is 8.78. The summed E-state index contributed by atoms with van der Waals surface area (Å²) in [4.78, 5) is 0. The Kier molecular flexibility index (Phi) is 5.54. The summed E-state index contributed by atoms with van der Waals surface area (Å²) < 4.78 is 0. The zero-order chi connectivity index (χ0) is 9.56. The van der Waals surface area contributed by atoms with E-state index in [1.165, 1.54) is 12.0 Å². The summed E-state index contributed by atoms with van der Waals surface area (Å²) in [7, 11) is 0. The molecule has 12 heavy (non-hydrogen) atoms. The number of hydrogen-bond donors (Lipinski definition) is 0. The Morgan fingerprint density at radius 3 is 2.42 bits per heavy atom. The van der Waals surface area contributed by atoms with Crippen LogP contribution in [-0.2, 0) is 0 Å². The topological polar surface area (TPSA) is 0 Å². The average molecular weight is 164 g/mol. The summed E-state index contributed by atoms with van der Waals surface area (Å²) in [6, 6.07) is 0. The first-order valence-electron chi connectivity index (χ1n) is 4.71. The Morgan fingerprint density at radius 2 is 2.00 bits per heavy atom. The molecule has 0 heterocycles. The van der Waals surface area contributed by atoms with Gasteiger partial charge in [-0.25, -0.2) is 0 Å². The quantitative estimate of drug-likeness (QED) is 0.439. The molecule has 0 heteroatoms. The second-order valence-corrected chi connectivity index (χ2v) is 3.49. The Hall–Kier alpha value is -0.700. The van der Waals surface area contributed by atoms with E-state index in [1.54, 1.807) is 0 Å². The van der Waals surface area contributed by atoms with Crippen LogP contribution in [0.4, 0.5) is 0 Å². The van der Waals surface area contributed by atoms with Crippen molar-refractivity contribution < 1.29 is 0 Å². The Labute approximate surface area is 77.1 Å². The van der Waals surface area contributed by atoms with E-state index >= 15 is 0 Å². The minimum Gasteiger partial charge on any atom is -0.106 e. The molecule has 0 N–H and O–H groups in total. The molecule has 0 nitrogen and oxygen atoms in total. The maximum absolute atomic E-state index is 4.06. The van der Waals surface area contributed by atoms with Gasteiger partial charge in [0.2, 0.25) is 0 Å². The molecule has 0 rings (SSSR count). The van der Waals surface area contributed by atoms with Gasteiger partial charge in [0.05, 0.1) is 0 Å². The lowest BCUT2D eigenvalue weighted by Gasteiger charge is -2.13. The van der Waals surface area contributed by atoms with Crippen LogP contribution in [0.25, 0.3) is 0 Å². The molecule has 0 aromatic carbocycles. The summed E-state index contributed by atoms with van der Waals surface area (Å²) in [5.41, 5.74) is 1.28. The lowest BCUT2D eigenvalue weighted by atomic mass is 9.92. The highest BCUT2D eigenvalue weighted by Crippen LogP contribution is 2.19. The van der Waals surface area contributed by atoms with Crippen LogP contribution < -0.4 is 0 Å². The van der Waals surface area contributed by atoms with Crippen LogP contribution in [0.1, 0.15) is 40.5 Å². The molecular weight excluding hydrogens is 144 g/mol. The van der Waals surface area contributed by atoms with Crippen LogP contribution >= 0.6 is 0 Å². The van der Waals surface area contributed by atoms with Gasteiger partial charge >= 0.3 is 0 Å². The highest BCUT2D eigenvalue weighted by Gasteiger charge is 2.06. The van der Waals surface area contributed by atoms with Gasteiger partial charge in [0.15, 0.2) is 0 Å². The lowest BCUT2D eigenvalue weighted by Crippen LogP contribution is -2.01. The van der Waals surface area contributed by atoms with Crippen LogP contribution in [0.3, 0.4) is 0 Å². The first-order valence-corrected chi connectivity index (χ1v) is 4.71. The van der Waals surface area contributed by atoms with Crippen molar-refractivity contribution in [1.29, 1.82) is 0 Å². The van der Waals surface area contributed by atoms with Gasteiger partial charge in [0.25, 0.3) is 0 Å². The largest absolute Gasteiger partial charge is 0.106 e. The van der Waals surface area contributed by atoms with Crippen molar-refractivity contribution in [3.8, 4) is 11.8 Å². The third-order valence-corrected chi connectivity index (χ3v) is 2.28. The number of hydrogen-bond acceptors (Lipinski definition) is 0. The molecular formula is C12H20. The van der Waals surface area contributed by atoms with Gasteiger partial charge in [-0.05, 0) is 26.2 Å². The third kappa shape index (κ3) is 4.23. The molecule has 0 saturated carbocycles. The van der Waals surface area contributed by atoms with Crippen LogP contribution in [0.5, 0.6) is 0 Å². The molecule has 0 amide bonds. The highest BCUT2D eigenvalue weighted by atomic mass is 14.1. The van der Waals surface area contributed by atoms with E-state index in [4.69, 9.17) is 0 Å². The zero-order valence-corrected chi connectivity index (χ0v) is 8.78. The molecule has 0 aliphatic rings. The Balaban J connectivity index is 3.92. The fourth-order valence-corrected chi connectivity index (χ4v) is 1.09. The van der Waals surface area contributed by atoms with Crippen molar-refractivity contribution in [2.24, 2.45) is 11.8 Å². The van der Waals surface area contributed by atoms with Crippen molar-refractivity contribution in [3.05, 3.63) is 12.2 Å². The maximum atomic E-state index is 4.06. The number of rotatable bonds is 4. The predicted octanol–water partition coefficient (Wildman–Crippen LogP) is 3.64. The molecule has 0 saturated heterocycles. The molecule has 68 valence electrons. The van der Waals surface area contributed by atoms with E-state index in [2.05, 4.69) is 39.2 Å². The van der Waals surface area contributed by atoms with Gasteiger partial charge in [0, 0.05) is 5.92 Å². The molecule has 0 aromatic heterocycles. The SMILES string of the molecule is C=C(CC(C)CC)C(C)C#CC. The molecule has 0 radical (unpaired) electrons. The van der Waals surface area contributed by atoms with Gasteiger partial charge in [-0.15, -0.1) is 5.92 Å².